The largest absolute Gasteiger partial charge is 0.103 e. The predicted molar refractivity (Wildman–Crippen MR) is 52.7 cm³/mol. The Hall–Kier alpha value is -0.260. The Labute approximate surface area is 71.7 Å². The molecule has 0 spiro atoms. The van der Waals surface area contributed by atoms with Gasteiger partial charge < -0.3 is 0 Å². The molecule has 0 nitrogen and oxygen atoms in total. The van der Waals surface area contributed by atoms with Gasteiger partial charge in [-0.3, -0.25) is 0 Å². The van der Waals surface area contributed by atoms with Gasteiger partial charge in [-0.05, 0) is 18.3 Å². The molecule has 0 fully saturated rings. The summed E-state index contributed by atoms with van der Waals surface area (Å²) in [7, 11) is 0. The van der Waals surface area contributed by atoms with Crippen molar-refractivity contribution >= 4 is 0 Å². The summed E-state index contributed by atoms with van der Waals surface area (Å²) >= 11 is 0. The lowest BCUT2D eigenvalue weighted by Gasteiger charge is -2.22. The van der Waals surface area contributed by atoms with E-state index in [9.17, 15) is 0 Å². The normalized spacial score (nSPS) is 13.5. The lowest BCUT2D eigenvalue weighted by Crippen LogP contribution is -2.11. The summed E-state index contributed by atoms with van der Waals surface area (Å²) in [6, 6.07) is 0. The summed E-state index contributed by atoms with van der Waals surface area (Å²) in [6.07, 6.45) is 7.21. The fourth-order valence-corrected chi connectivity index (χ4v) is 1.86. The van der Waals surface area contributed by atoms with Crippen molar-refractivity contribution in [2.24, 2.45) is 11.8 Å². The number of rotatable bonds is 6. The van der Waals surface area contributed by atoms with Gasteiger partial charge in [-0.15, -0.1) is 6.58 Å². The molecule has 1 unspecified atom stereocenters. The summed E-state index contributed by atoms with van der Waals surface area (Å²) in [4.78, 5) is 0. The van der Waals surface area contributed by atoms with E-state index in [1.165, 1.54) is 25.7 Å². The van der Waals surface area contributed by atoms with E-state index in [0.717, 1.165) is 11.8 Å². The van der Waals surface area contributed by atoms with Crippen LogP contribution in [0.1, 0.15) is 46.5 Å². The molecule has 0 radical (unpaired) electrons. The maximum absolute atomic E-state index is 3.80. The average Bonchev–Trinajstić information content (AvgIpc) is 2.05. The second kappa shape index (κ2) is 6.45. The molecule has 0 saturated heterocycles. The maximum atomic E-state index is 3.80. The highest BCUT2D eigenvalue weighted by Crippen LogP contribution is 2.25. The molecule has 0 rings (SSSR count). The van der Waals surface area contributed by atoms with Crippen LogP contribution in [-0.4, -0.2) is 0 Å². The Morgan fingerprint density at radius 1 is 1.00 bits per heavy atom. The molecule has 0 aromatic heterocycles. The van der Waals surface area contributed by atoms with E-state index in [1.54, 1.807) is 0 Å². The molecule has 0 heterocycles. The van der Waals surface area contributed by atoms with Gasteiger partial charge in [0.2, 0.25) is 0 Å². The first kappa shape index (κ1) is 10.7. The fourth-order valence-electron chi connectivity index (χ4n) is 1.86. The van der Waals surface area contributed by atoms with Crippen molar-refractivity contribution in [2.75, 3.05) is 0 Å². The second-order valence-corrected chi connectivity index (χ2v) is 3.27. The average molecular weight is 154 g/mol. The molecule has 1 atom stereocenters. The molecule has 0 amide bonds. The van der Waals surface area contributed by atoms with Crippen molar-refractivity contribution in [2.45, 2.75) is 46.5 Å². The van der Waals surface area contributed by atoms with E-state index >= 15 is 0 Å². The summed E-state index contributed by atoms with van der Waals surface area (Å²) < 4.78 is 0. The maximum Gasteiger partial charge on any atom is -0.0322 e. The van der Waals surface area contributed by atoms with Gasteiger partial charge in [0.05, 0.1) is 0 Å². The third-order valence-corrected chi connectivity index (χ3v) is 2.71. The Morgan fingerprint density at radius 3 is 1.73 bits per heavy atom. The minimum atomic E-state index is 0.877. The lowest BCUT2D eigenvalue weighted by atomic mass is 9.84. The molecule has 0 heteroatoms. The standard InChI is InChI=1S/C11H22/c1-5-9-11(8-4)10(6-2)7-3/h5,10-11H,1,6-9H2,2-4H3. The van der Waals surface area contributed by atoms with E-state index in [0.29, 0.717) is 0 Å². The fraction of sp³-hybridized carbons (Fsp3) is 0.818. The first-order chi connectivity index (χ1) is 5.29. The smallest absolute Gasteiger partial charge is 0.0322 e. The first-order valence-corrected chi connectivity index (χ1v) is 4.90. The zero-order valence-corrected chi connectivity index (χ0v) is 8.27. The summed E-state index contributed by atoms with van der Waals surface area (Å²) in [5.74, 6) is 1.79. The van der Waals surface area contributed by atoms with Crippen molar-refractivity contribution in [1.82, 2.24) is 0 Å². The summed E-state index contributed by atoms with van der Waals surface area (Å²) in [5, 5.41) is 0. The minimum absolute atomic E-state index is 0.877. The van der Waals surface area contributed by atoms with Crippen molar-refractivity contribution < 1.29 is 0 Å². The van der Waals surface area contributed by atoms with Crippen LogP contribution in [0.4, 0.5) is 0 Å². The molecule has 11 heavy (non-hydrogen) atoms. The van der Waals surface area contributed by atoms with Crippen molar-refractivity contribution in [3.05, 3.63) is 12.7 Å². The molecular weight excluding hydrogens is 132 g/mol. The predicted octanol–water partition coefficient (Wildman–Crippen LogP) is 4.02. The highest BCUT2D eigenvalue weighted by atomic mass is 14.2. The van der Waals surface area contributed by atoms with Crippen molar-refractivity contribution in [3.63, 3.8) is 0 Å². The van der Waals surface area contributed by atoms with Gasteiger partial charge in [-0.2, -0.15) is 0 Å². The third-order valence-electron chi connectivity index (χ3n) is 2.71. The van der Waals surface area contributed by atoms with E-state index in [2.05, 4.69) is 33.4 Å². The van der Waals surface area contributed by atoms with Crippen LogP contribution in [0.15, 0.2) is 12.7 Å². The Bertz CT molecular complexity index is 90.2. The quantitative estimate of drug-likeness (QED) is 0.507. The van der Waals surface area contributed by atoms with Gasteiger partial charge in [0.25, 0.3) is 0 Å². The summed E-state index contributed by atoms with van der Waals surface area (Å²) in [5.41, 5.74) is 0. The lowest BCUT2D eigenvalue weighted by molar-refractivity contribution is 0.306. The van der Waals surface area contributed by atoms with Crippen LogP contribution >= 0.6 is 0 Å². The van der Waals surface area contributed by atoms with Crippen molar-refractivity contribution in [3.8, 4) is 0 Å². The monoisotopic (exact) mass is 154 g/mol. The molecule has 0 aliphatic rings. The number of hydrogen-bond donors (Lipinski definition) is 0. The zero-order chi connectivity index (χ0) is 8.69. The van der Waals surface area contributed by atoms with Crippen molar-refractivity contribution in [1.29, 1.82) is 0 Å². The second-order valence-electron chi connectivity index (χ2n) is 3.27. The highest BCUT2D eigenvalue weighted by Gasteiger charge is 2.14. The van der Waals surface area contributed by atoms with E-state index in [4.69, 9.17) is 0 Å². The summed E-state index contributed by atoms with van der Waals surface area (Å²) in [6.45, 7) is 10.7. The van der Waals surface area contributed by atoms with Gasteiger partial charge in [-0.1, -0.05) is 46.1 Å². The van der Waals surface area contributed by atoms with Crippen LogP contribution in [0, 0.1) is 11.8 Å². The van der Waals surface area contributed by atoms with Gasteiger partial charge in [0, 0.05) is 0 Å². The molecule has 66 valence electrons. The molecule has 0 aliphatic heterocycles. The molecular formula is C11H22. The highest BCUT2D eigenvalue weighted by molar-refractivity contribution is 4.76. The molecule has 0 N–H and O–H groups in total. The van der Waals surface area contributed by atoms with E-state index in [1.807, 2.05) is 0 Å². The number of allylic oxidation sites excluding steroid dienone is 1. The van der Waals surface area contributed by atoms with Crippen LogP contribution in [0.3, 0.4) is 0 Å². The topological polar surface area (TPSA) is 0 Å². The van der Waals surface area contributed by atoms with Gasteiger partial charge in [0.15, 0.2) is 0 Å². The first-order valence-electron chi connectivity index (χ1n) is 4.90. The molecule has 0 aromatic carbocycles. The zero-order valence-electron chi connectivity index (χ0n) is 8.27. The van der Waals surface area contributed by atoms with E-state index < -0.39 is 0 Å². The van der Waals surface area contributed by atoms with Crippen LogP contribution < -0.4 is 0 Å². The van der Waals surface area contributed by atoms with Crippen LogP contribution in [0.5, 0.6) is 0 Å². The minimum Gasteiger partial charge on any atom is -0.103 e. The molecule has 0 saturated carbocycles. The number of hydrogen-bond acceptors (Lipinski definition) is 0. The van der Waals surface area contributed by atoms with Gasteiger partial charge in [0.1, 0.15) is 0 Å². The van der Waals surface area contributed by atoms with Gasteiger partial charge in [-0.25, -0.2) is 0 Å². The van der Waals surface area contributed by atoms with Crippen LogP contribution in [0.2, 0.25) is 0 Å². The Kier molecular flexibility index (Phi) is 6.30. The van der Waals surface area contributed by atoms with Crippen LogP contribution in [-0.2, 0) is 0 Å². The molecule has 0 aromatic rings. The Balaban J connectivity index is 3.85. The Morgan fingerprint density at radius 2 is 1.45 bits per heavy atom. The van der Waals surface area contributed by atoms with Gasteiger partial charge >= 0.3 is 0 Å². The molecule has 0 bridgehead atoms. The van der Waals surface area contributed by atoms with Crippen LogP contribution in [0.25, 0.3) is 0 Å². The molecule has 0 aliphatic carbocycles. The van der Waals surface area contributed by atoms with E-state index in [-0.39, 0.29) is 0 Å². The SMILES string of the molecule is C=CCC(CC)C(CC)CC. The third kappa shape index (κ3) is 3.60.